The first-order chi connectivity index (χ1) is 17.1. The van der Waals surface area contributed by atoms with Crippen molar-refractivity contribution in [1.29, 1.82) is 0 Å². The van der Waals surface area contributed by atoms with Gasteiger partial charge in [-0.15, -0.1) is 5.10 Å². The van der Waals surface area contributed by atoms with Gasteiger partial charge < -0.3 is 9.64 Å². The van der Waals surface area contributed by atoms with E-state index in [9.17, 15) is 9.59 Å². The Labute approximate surface area is 206 Å². The number of thioether (sulfide) groups is 1. The molecule has 11 heteroatoms. The second kappa shape index (κ2) is 9.04. The lowest BCUT2D eigenvalue weighted by molar-refractivity contribution is -0.133. The molecule has 2 saturated heterocycles. The number of hydrogen-bond donors (Lipinski definition) is 0. The Morgan fingerprint density at radius 2 is 2.11 bits per heavy atom. The molecule has 1 aromatic carbocycles. The summed E-state index contributed by atoms with van der Waals surface area (Å²) < 4.78 is 6.71. The molecule has 3 aromatic rings. The average Bonchev–Trinajstić information content (AvgIpc) is 3.55. The van der Waals surface area contributed by atoms with Crippen LogP contribution in [0.2, 0.25) is 0 Å². The predicted octanol–water partition coefficient (Wildman–Crippen LogP) is 1.58. The number of piperazine rings is 1. The van der Waals surface area contributed by atoms with E-state index in [0.29, 0.717) is 35.7 Å². The molecule has 2 fully saturated rings. The van der Waals surface area contributed by atoms with Gasteiger partial charge in [-0.05, 0) is 46.2 Å². The minimum absolute atomic E-state index is 0.132. The van der Waals surface area contributed by atoms with Crippen molar-refractivity contribution in [3.8, 4) is 5.82 Å². The summed E-state index contributed by atoms with van der Waals surface area (Å²) in [6, 6.07) is 8.08. The highest BCUT2D eigenvalue weighted by molar-refractivity contribution is 7.99. The van der Waals surface area contributed by atoms with Crippen molar-refractivity contribution in [1.82, 2.24) is 35.0 Å². The van der Waals surface area contributed by atoms with Gasteiger partial charge in [-0.2, -0.15) is 16.4 Å². The fraction of sp³-hybridized carbons (Fsp3) is 0.417. The van der Waals surface area contributed by atoms with E-state index >= 15 is 0 Å². The zero-order valence-corrected chi connectivity index (χ0v) is 20.1. The highest BCUT2D eigenvalue weighted by Crippen LogP contribution is 2.40. The van der Waals surface area contributed by atoms with Gasteiger partial charge in [0.1, 0.15) is 12.9 Å². The van der Waals surface area contributed by atoms with Gasteiger partial charge >= 0.3 is 5.97 Å². The minimum Gasteiger partial charge on any atom is -0.457 e. The maximum atomic E-state index is 13.0. The Balaban J connectivity index is 1.07. The highest BCUT2D eigenvalue weighted by Gasteiger charge is 2.36. The second-order valence-corrected chi connectivity index (χ2v) is 10.4. The summed E-state index contributed by atoms with van der Waals surface area (Å²) >= 11 is 1.95. The molecule has 2 aromatic heterocycles. The van der Waals surface area contributed by atoms with Crippen LogP contribution in [-0.2, 0) is 22.6 Å². The van der Waals surface area contributed by atoms with Gasteiger partial charge in [0.15, 0.2) is 5.82 Å². The van der Waals surface area contributed by atoms with Crippen LogP contribution in [0.25, 0.3) is 5.82 Å². The van der Waals surface area contributed by atoms with Crippen molar-refractivity contribution >= 4 is 23.6 Å². The van der Waals surface area contributed by atoms with Crippen LogP contribution in [0.3, 0.4) is 0 Å². The number of ether oxygens (including phenoxy) is 1. The Bertz CT molecular complexity index is 1260. The normalized spacial score (nSPS) is 22.0. The van der Waals surface area contributed by atoms with Crippen LogP contribution >= 0.6 is 11.8 Å². The van der Waals surface area contributed by atoms with E-state index in [1.165, 1.54) is 22.1 Å². The number of carbonyl (C=O) groups excluding carboxylic acids is 2. The molecule has 0 saturated carbocycles. The number of tetrazole rings is 1. The van der Waals surface area contributed by atoms with E-state index in [1.807, 2.05) is 34.9 Å². The quantitative estimate of drug-likeness (QED) is 0.503. The van der Waals surface area contributed by atoms with Gasteiger partial charge in [0, 0.05) is 55.0 Å². The summed E-state index contributed by atoms with van der Waals surface area (Å²) in [6.07, 6.45) is 3.53. The summed E-state index contributed by atoms with van der Waals surface area (Å²) in [5.74, 6) is 1.51. The van der Waals surface area contributed by atoms with E-state index in [0.717, 1.165) is 43.1 Å². The van der Waals surface area contributed by atoms with E-state index < -0.39 is 0 Å². The van der Waals surface area contributed by atoms with Crippen molar-refractivity contribution in [2.45, 2.75) is 31.2 Å². The van der Waals surface area contributed by atoms with Crippen LogP contribution in [0, 0.1) is 6.92 Å². The van der Waals surface area contributed by atoms with Gasteiger partial charge in [0.25, 0.3) is 0 Å². The first-order valence-corrected chi connectivity index (χ1v) is 12.7. The smallest absolute Gasteiger partial charge is 0.338 e. The number of carbonyl (C=O) groups is 2. The van der Waals surface area contributed by atoms with Crippen LogP contribution < -0.4 is 0 Å². The Morgan fingerprint density at radius 1 is 1.20 bits per heavy atom. The number of rotatable bonds is 4. The molecule has 3 aliphatic rings. The lowest BCUT2D eigenvalue weighted by atomic mass is 9.96. The molecule has 0 spiro atoms. The summed E-state index contributed by atoms with van der Waals surface area (Å²) in [4.78, 5) is 33.8. The fourth-order valence-electron chi connectivity index (χ4n) is 5.12. The first kappa shape index (κ1) is 22.2. The molecule has 180 valence electrons. The Hall–Kier alpha value is -3.31. The summed E-state index contributed by atoms with van der Waals surface area (Å²) in [7, 11) is 0. The lowest BCUT2D eigenvalue weighted by Gasteiger charge is -2.46. The number of hydrogen-bond acceptors (Lipinski definition) is 9. The summed E-state index contributed by atoms with van der Waals surface area (Å²) in [6.45, 7) is 5.78. The number of benzene rings is 1. The number of aromatic nitrogens is 5. The monoisotopic (exact) mass is 491 g/mol. The molecule has 6 rings (SSSR count). The third-order valence-electron chi connectivity index (χ3n) is 7.15. The van der Waals surface area contributed by atoms with Crippen LogP contribution in [0.1, 0.15) is 37.9 Å². The molecule has 0 unspecified atom stereocenters. The molecular formula is C24H25N7O3S. The summed E-state index contributed by atoms with van der Waals surface area (Å²) in [5.41, 5.74) is 5.09. The molecule has 3 aliphatic heterocycles. The number of pyridine rings is 1. The minimum atomic E-state index is -0.217. The van der Waals surface area contributed by atoms with Crippen molar-refractivity contribution in [2.24, 2.45) is 0 Å². The topological polar surface area (TPSA) is 106 Å². The van der Waals surface area contributed by atoms with Crippen molar-refractivity contribution in [3.05, 3.63) is 64.6 Å². The number of fused-ring (bicyclic) bond motifs is 2. The third kappa shape index (κ3) is 4.19. The summed E-state index contributed by atoms with van der Waals surface area (Å²) in [5, 5.41) is 11.4. The van der Waals surface area contributed by atoms with E-state index in [2.05, 4.69) is 38.4 Å². The predicted molar refractivity (Wildman–Crippen MR) is 128 cm³/mol. The van der Waals surface area contributed by atoms with Crippen molar-refractivity contribution in [3.63, 3.8) is 0 Å². The van der Waals surface area contributed by atoms with Crippen LogP contribution in [-0.4, -0.2) is 84.8 Å². The van der Waals surface area contributed by atoms with Gasteiger partial charge in [-0.25, -0.2) is 9.78 Å². The highest BCUT2D eigenvalue weighted by atomic mass is 32.2. The number of cyclic esters (lactones) is 1. The van der Waals surface area contributed by atoms with Crippen molar-refractivity contribution < 1.29 is 14.3 Å². The van der Waals surface area contributed by atoms with E-state index in [4.69, 9.17) is 4.74 Å². The second-order valence-electron chi connectivity index (χ2n) is 9.15. The van der Waals surface area contributed by atoms with Gasteiger partial charge in [0.05, 0.1) is 12.0 Å². The van der Waals surface area contributed by atoms with E-state index in [-0.39, 0.29) is 11.9 Å². The van der Waals surface area contributed by atoms with Gasteiger partial charge in [-0.1, -0.05) is 12.1 Å². The molecule has 5 heterocycles. The van der Waals surface area contributed by atoms with Crippen molar-refractivity contribution in [2.75, 3.05) is 31.9 Å². The standard InChI is InChI=1S/C24H25N7O3S/c1-15-18(3-4-19-20(15)12-34-24(19)33)21-11-29-6-7-30(10-17(29)13-35-21)23(32)8-16-2-5-22(25-9-16)31-14-26-27-28-31/h2-5,9,14,17,21H,6-8,10-13H2,1H3/t17-,21-/m0/s1. The SMILES string of the molecule is Cc1c([C@@H]2CN3CCN(C(=O)Cc4ccc(-n5cnnn5)nc4)C[C@H]3CS2)ccc2c1COC2=O. The average molecular weight is 492 g/mol. The third-order valence-corrected chi connectivity index (χ3v) is 8.53. The molecular weight excluding hydrogens is 466 g/mol. The first-order valence-electron chi connectivity index (χ1n) is 11.7. The molecule has 0 bridgehead atoms. The molecule has 10 nitrogen and oxygen atoms in total. The number of amides is 1. The van der Waals surface area contributed by atoms with Gasteiger partial charge in [0.2, 0.25) is 5.91 Å². The maximum absolute atomic E-state index is 13.0. The molecule has 35 heavy (non-hydrogen) atoms. The number of nitrogens with zero attached hydrogens (tertiary/aromatic N) is 7. The molecule has 1 amide bonds. The largest absolute Gasteiger partial charge is 0.457 e. The number of esters is 1. The van der Waals surface area contributed by atoms with Crippen LogP contribution in [0.15, 0.2) is 36.8 Å². The van der Waals surface area contributed by atoms with E-state index in [1.54, 1.807) is 6.20 Å². The zero-order chi connectivity index (χ0) is 23.9. The fourth-order valence-corrected chi connectivity index (χ4v) is 6.63. The van der Waals surface area contributed by atoms with Crippen LogP contribution in [0.5, 0.6) is 0 Å². The molecule has 0 N–H and O–H groups in total. The maximum Gasteiger partial charge on any atom is 0.338 e. The van der Waals surface area contributed by atoms with Gasteiger partial charge in [-0.3, -0.25) is 9.69 Å². The zero-order valence-electron chi connectivity index (χ0n) is 19.3. The van der Waals surface area contributed by atoms with Crippen LogP contribution in [0.4, 0.5) is 0 Å². The molecule has 0 radical (unpaired) electrons. The lowest BCUT2D eigenvalue weighted by Crippen LogP contribution is -2.58. The molecule has 2 atom stereocenters. The molecule has 0 aliphatic carbocycles. The Morgan fingerprint density at radius 3 is 2.91 bits per heavy atom. The Kier molecular flexibility index (Phi) is 5.73.